The van der Waals surface area contributed by atoms with E-state index in [4.69, 9.17) is 11.6 Å². The molecule has 0 aliphatic heterocycles. The largest absolute Gasteiger partial charge is 0.377 e. The highest BCUT2D eigenvalue weighted by molar-refractivity contribution is 6.33. The van der Waals surface area contributed by atoms with Gasteiger partial charge < -0.3 is 5.32 Å². The van der Waals surface area contributed by atoms with E-state index < -0.39 is 17.5 Å². The van der Waals surface area contributed by atoms with E-state index in [1.54, 1.807) is 6.92 Å². The molecular formula is C14H11ClF3N. The zero-order chi connectivity index (χ0) is 14.0. The summed E-state index contributed by atoms with van der Waals surface area (Å²) in [5, 5.41) is 3.19. The fourth-order valence-electron chi connectivity index (χ4n) is 1.75. The van der Waals surface area contributed by atoms with Crippen LogP contribution in [0.3, 0.4) is 0 Å². The van der Waals surface area contributed by atoms with Crippen LogP contribution in [0.1, 0.15) is 18.5 Å². The molecule has 0 saturated heterocycles. The lowest BCUT2D eigenvalue weighted by molar-refractivity contribution is 0.577. The van der Waals surface area contributed by atoms with Gasteiger partial charge in [0.05, 0.1) is 10.7 Å². The molecule has 1 nitrogen and oxygen atoms in total. The Morgan fingerprint density at radius 2 is 1.58 bits per heavy atom. The van der Waals surface area contributed by atoms with Crippen molar-refractivity contribution in [1.29, 1.82) is 0 Å². The van der Waals surface area contributed by atoms with Crippen LogP contribution in [0.25, 0.3) is 0 Å². The van der Waals surface area contributed by atoms with E-state index in [0.717, 1.165) is 6.07 Å². The Morgan fingerprint density at radius 1 is 0.947 bits per heavy atom. The number of halogens is 4. The Labute approximate surface area is 114 Å². The predicted octanol–water partition coefficient (Wildman–Crippen LogP) is 4.93. The Bertz CT molecular complexity index is 581. The highest BCUT2D eigenvalue weighted by Gasteiger charge is 2.10. The van der Waals surface area contributed by atoms with Crippen LogP contribution in [0.5, 0.6) is 0 Å². The van der Waals surface area contributed by atoms with Crippen LogP contribution in [-0.2, 0) is 0 Å². The molecule has 0 bridgehead atoms. The number of nitrogens with one attached hydrogen (secondary N) is 1. The zero-order valence-corrected chi connectivity index (χ0v) is 10.8. The minimum absolute atomic E-state index is 0.212. The van der Waals surface area contributed by atoms with Gasteiger partial charge in [0.25, 0.3) is 0 Å². The first-order valence-corrected chi connectivity index (χ1v) is 6.01. The standard InChI is InChI=1S/C14H11ClF3N/c1-8(9-4-11(17)6-12(18)5-9)19-14-3-2-10(16)7-13(14)15/h2-8,19H,1H3. The second-order valence-electron chi connectivity index (χ2n) is 4.19. The summed E-state index contributed by atoms with van der Waals surface area (Å²) in [5.41, 5.74) is 0.943. The molecule has 19 heavy (non-hydrogen) atoms. The molecule has 0 fully saturated rings. The van der Waals surface area contributed by atoms with E-state index >= 15 is 0 Å². The lowest BCUT2D eigenvalue weighted by Gasteiger charge is -2.17. The third-order valence-corrected chi connectivity index (χ3v) is 3.00. The second kappa shape index (κ2) is 5.53. The summed E-state index contributed by atoms with van der Waals surface area (Å²) in [7, 11) is 0. The predicted molar refractivity (Wildman–Crippen MR) is 69.8 cm³/mol. The van der Waals surface area contributed by atoms with Crippen LogP contribution >= 0.6 is 11.6 Å². The van der Waals surface area contributed by atoms with Crippen molar-refractivity contribution in [2.75, 3.05) is 5.32 Å². The van der Waals surface area contributed by atoms with Crippen molar-refractivity contribution in [1.82, 2.24) is 0 Å². The number of rotatable bonds is 3. The van der Waals surface area contributed by atoms with Crippen LogP contribution in [0.2, 0.25) is 5.02 Å². The molecule has 2 aromatic carbocycles. The number of anilines is 1. The zero-order valence-electron chi connectivity index (χ0n) is 10.1. The molecule has 1 unspecified atom stereocenters. The molecule has 0 saturated carbocycles. The van der Waals surface area contributed by atoms with Crippen molar-refractivity contribution in [2.24, 2.45) is 0 Å². The van der Waals surface area contributed by atoms with Gasteiger partial charge in [-0.25, -0.2) is 13.2 Å². The van der Waals surface area contributed by atoms with Crippen molar-refractivity contribution < 1.29 is 13.2 Å². The van der Waals surface area contributed by atoms with Crippen LogP contribution in [0.15, 0.2) is 36.4 Å². The first-order chi connectivity index (χ1) is 8.95. The molecule has 0 aliphatic carbocycles. The molecular weight excluding hydrogens is 275 g/mol. The maximum atomic E-state index is 13.1. The molecule has 1 N–H and O–H groups in total. The maximum Gasteiger partial charge on any atom is 0.126 e. The Morgan fingerprint density at radius 3 is 2.16 bits per heavy atom. The topological polar surface area (TPSA) is 12.0 Å². The Balaban J connectivity index is 2.22. The van der Waals surface area contributed by atoms with Gasteiger partial charge in [-0.2, -0.15) is 0 Å². The molecule has 100 valence electrons. The second-order valence-corrected chi connectivity index (χ2v) is 4.60. The van der Waals surface area contributed by atoms with Crippen LogP contribution in [0, 0.1) is 17.5 Å². The fraction of sp³-hybridized carbons (Fsp3) is 0.143. The van der Waals surface area contributed by atoms with Gasteiger partial charge in [-0.1, -0.05) is 11.6 Å². The van der Waals surface area contributed by atoms with E-state index in [2.05, 4.69) is 5.32 Å². The quantitative estimate of drug-likeness (QED) is 0.843. The minimum atomic E-state index is -0.645. The molecule has 0 radical (unpaired) electrons. The first kappa shape index (κ1) is 13.7. The first-order valence-electron chi connectivity index (χ1n) is 5.63. The molecule has 2 rings (SSSR count). The van der Waals surface area contributed by atoms with Crippen molar-refractivity contribution in [3.8, 4) is 0 Å². The highest BCUT2D eigenvalue weighted by atomic mass is 35.5. The summed E-state index contributed by atoms with van der Waals surface area (Å²) in [5.74, 6) is -1.73. The number of benzene rings is 2. The van der Waals surface area contributed by atoms with Crippen molar-refractivity contribution >= 4 is 17.3 Å². The fourth-order valence-corrected chi connectivity index (χ4v) is 1.97. The monoisotopic (exact) mass is 285 g/mol. The summed E-state index contributed by atoms with van der Waals surface area (Å²) >= 11 is 5.87. The van der Waals surface area contributed by atoms with Gasteiger partial charge >= 0.3 is 0 Å². The van der Waals surface area contributed by atoms with E-state index in [1.807, 2.05) is 0 Å². The van der Waals surface area contributed by atoms with Gasteiger partial charge in [0.2, 0.25) is 0 Å². The lowest BCUT2D eigenvalue weighted by Crippen LogP contribution is -2.08. The summed E-state index contributed by atoms with van der Waals surface area (Å²) < 4.78 is 39.1. The van der Waals surface area contributed by atoms with Crippen LogP contribution in [0.4, 0.5) is 18.9 Å². The molecule has 0 heterocycles. The van der Waals surface area contributed by atoms with Crippen molar-refractivity contribution in [3.63, 3.8) is 0 Å². The van der Waals surface area contributed by atoms with Gasteiger partial charge in [0.15, 0.2) is 0 Å². The Hall–Kier alpha value is -1.68. The summed E-state index contributed by atoms with van der Waals surface area (Å²) in [6.07, 6.45) is 0. The minimum Gasteiger partial charge on any atom is -0.377 e. The maximum absolute atomic E-state index is 13.1. The molecule has 5 heteroatoms. The third kappa shape index (κ3) is 3.41. The third-order valence-electron chi connectivity index (χ3n) is 2.69. The van der Waals surface area contributed by atoms with E-state index in [-0.39, 0.29) is 11.1 Å². The van der Waals surface area contributed by atoms with Gasteiger partial charge in [0, 0.05) is 12.1 Å². The number of hydrogen-bond donors (Lipinski definition) is 1. The van der Waals surface area contributed by atoms with Crippen LogP contribution in [-0.4, -0.2) is 0 Å². The molecule has 0 aliphatic rings. The molecule has 2 aromatic rings. The van der Waals surface area contributed by atoms with E-state index in [1.165, 1.54) is 30.3 Å². The van der Waals surface area contributed by atoms with E-state index in [0.29, 0.717) is 11.3 Å². The summed E-state index contributed by atoms with van der Waals surface area (Å²) in [4.78, 5) is 0. The average molecular weight is 286 g/mol. The average Bonchev–Trinajstić information content (AvgIpc) is 2.31. The molecule has 0 spiro atoms. The molecule has 1 atom stereocenters. The number of hydrogen-bond acceptors (Lipinski definition) is 1. The van der Waals surface area contributed by atoms with Gasteiger partial charge in [-0.05, 0) is 42.8 Å². The molecule has 0 amide bonds. The summed E-state index contributed by atoms with van der Waals surface area (Å²) in [6, 6.07) is 6.81. The summed E-state index contributed by atoms with van der Waals surface area (Å²) in [6.45, 7) is 1.73. The van der Waals surface area contributed by atoms with Crippen molar-refractivity contribution in [3.05, 3.63) is 64.4 Å². The van der Waals surface area contributed by atoms with Crippen molar-refractivity contribution in [2.45, 2.75) is 13.0 Å². The lowest BCUT2D eigenvalue weighted by atomic mass is 10.1. The van der Waals surface area contributed by atoms with Gasteiger partial charge in [0.1, 0.15) is 17.5 Å². The molecule has 0 aromatic heterocycles. The highest BCUT2D eigenvalue weighted by Crippen LogP contribution is 2.27. The normalized spacial score (nSPS) is 12.3. The smallest absolute Gasteiger partial charge is 0.126 e. The van der Waals surface area contributed by atoms with Gasteiger partial charge in [-0.15, -0.1) is 0 Å². The van der Waals surface area contributed by atoms with Gasteiger partial charge in [-0.3, -0.25) is 0 Å². The Kier molecular flexibility index (Phi) is 4.00. The van der Waals surface area contributed by atoms with Crippen LogP contribution < -0.4 is 5.32 Å². The SMILES string of the molecule is CC(Nc1ccc(F)cc1Cl)c1cc(F)cc(F)c1. The van der Waals surface area contributed by atoms with E-state index in [9.17, 15) is 13.2 Å².